The maximum Gasteiger partial charge on any atom is 0.228 e. The molecule has 0 aliphatic carbocycles. The van der Waals surface area contributed by atoms with Crippen LogP contribution in [0.4, 0.5) is 4.39 Å². The van der Waals surface area contributed by atoms with Crippen molar-refractivity contribution in [2.75, 3.05) is 14.2 Å². The Morgan fingerprint density at radius 1 is 1.06 bits per heavy atom. The van der Waals surface area contributed by atoms with Gasteiger partial charge in [-0.2, -0.15) is 0 Å². The second-order valence-electron chi connectivity index (χ2n) is 6.85. The van der Waals surface area contributed by atoms with Gasteiger partial charge in [0.2, 0.25) is 5.78 Å². The van der Waals surface area contributed by atoms with Gasteiger partial charge < -0.3 is 31.2 Å². The maximum absolute atomic E-state index is 13.8. The average Bonchev–Trinajstić information content (AvgIpc) is 2.77. The minimum atomic E-state index is -0.233. The van der Waals surface area contributed by atoms with Gasteiger partial charge in [0, 0.05) is 23.3 Å². The van der Waals surface area contributed by atoms with E-state index in [1.165, 1.54) is 13.2 Å². The summed E-state index contributed by atoms with van der Waals surface area (Å²) in [6.07, 6.45) is 5.39. The molecule has 2 heterocycles. The van der Waals surface area contributed by atoms with Gasteiger partial charge in [-0.25, -0.2) is 8.96 Å². The third kappa shape index (κ3) is 4.61. The molecule has 160 valence electrons. The van der Waals surface area contributed by atoms with Crippen molar-refractivity contribution in [3.63, 3.8) is 0 Å². The number of carbonyl (C=O) groups is 1. The first-order valence-electron chi connectivity index (χ1n) is 9.46. The topological polar surface area (TPSA) is 48.6 Å². The van der Waals surface area contributed by atoms with Gasteiger partial charge in [-0.05, 0) is 35.9 Å². The van der Waals surface area contributed by atoms with E-state index in [-0.39, 0.29) is 40.9 Å². The van der Waals surface area contributed by atoms with E-state index in [0.29, 0.717) is 34.7 Å². The number of nitrogens with zero attached hydrogens (tertiary/aromatic N) is 1. The van der Waals surface area contributed by atoms with Crippen molar-refractivity contribution in [1.82, 2.24) is 0 Å². The normalized spacial score (nSPS) is 13.8. The van der Waals surface area contributed by atoms with Gasteiger partial charge in [0.1, 0.15) is 12.4 Å². The first-order valence-corrected chi connectivity index (χ1v) is 9.46. The van der Waals surface area contributed by atoms with Crippen LogP contribution in [0, 0.1) is 5.82 Å². The lowest BCUT2D eigenvalue weighted by Gasteiger charge is -2.22. The van der Waals surface area contributed by atoms with Crippen LogP contribution in [0.15, 0.2) is 66.7 Å². The van der Waals surface area contributed by atoms with Gasteiger partial charge in [-0.1, -0.05) is 12.1 Å². The molecule has 0 amide bonds. The zero-order valence-corrected chi connectivity index (χ0v) is 18.7. The number of benzene rings is 2. The van der Waals surface area contributed by atoms with Crippen LogP contribution in [-0.4, -0.2) is 20.0 Å². The Hall–Kier alpha value is -3.19. The molecule has 0 atom stereocenters. The van der Waals surface area contributed by atoms with Gasteiger partial charge >= 0.3 is 0 Å². The van der Waals surface area contributed by atoms with Crippen molar-refractivity contribution >= 4 is 11.9 Å². The fraction of sp³-hybridized carbons (Fsp3) is 0.167. The molecule has 0 radical (unpaired) electrons. The van der Waals surface area contributed by atoms with E-state index in [0.717, 1.165) is 5.56 Å². The minimum absolute atomic E-state index is 0. The number of hydrogen-bond donors (Lipinski definition) is 0. The van der Waals surface area contributed by atoms with Gasteiger partial charge in [-0.15, -0.1) is 0 Å². The highest BCUT2D eigenvalue weighted by atomic mass is 79.9. The number of pyridine rings is 1. The molecule has 1 aromatic heterocycles. The molecule has 3 aromatic rings. The van der Waals surface area contributed by atoms with E-state index < -0.39 is 0 Å². The summed E-state index contributed by atoms with van der Waals surface area (Å²) in [7, 11) is 3.09. The van der Waals surface area contributed by atoms with Crippen LogP contribution in [0.5, 0.6) is 11.5 Å². The van der Waals surface area contributed by atoms with Crippen molar-refractivity contribution in [1.29, 1.82) is 0 Å². The molecule has 0 fully saturated rings. The van der Waals surface area contributed by atoms with Crippen molar-refractivity contribution in [2.24, 2.45) is 0 Å². The molecule has 0 saturated heterocycles. The van der Waals surface area contributed by atoms with Gasteiger partial charge in [-0.3, -0.25) is 4.79 Å². The Morgan fingerprint density at radius 2 is 1.81 bits per heavy atom. The fourth-order valence-electron chi connectivity index (χ4n) is 3.45. The molecule has 7 heteroatoms. The molecule has 0 N–H and O–H groups in total. The lowest BCUT2D eigenvalue weighted by molar-refractivity contribution is -0.688. The largest absolute Gasteiger partial charge is 1.00 e. The summed E-state index contributed by atoms with van der Waals surface area (Å²) in [5, 5.41) is 0. The molecule has 0 spiro atoms. The Labute approximate surface area is 190 Å². The van der Waals surface area contributed by atoms with Crippen LogP contribution in [-0.2, 0) is 17.9 Å². The molecule has 31 heavy (non-hydrogen) atoms. The van der Waals surface area contributed by atoms with Crippen LogP contribution in [0.3, 0.4) is 0 Å². The van der Waals surface area contributed by atoms with Crippen LogP contribution >= 0.6 is 0 Å². The van der Waals surface area contributed by atoms with Crippen LogP contribution in [0.25, 0.3) is 6.08 Å². The second kappa shape index (κ2) is 9.75. The Morgan fingerprint density at radius 3 is 2.48 bits per heavy atom. The van der Waals surface area contributed by atoms with E-state index in [9.17, 15) is 9.18 Å². The number of halogens is 2. The summed E-state index contributed by atoms with van der Waals surface area (Å²) in [5.74, 6) is 0.892. The number of methoxy groups -OCH3 is 2. The van der Waals surface area contributed by atoms with Crippen molar-refractivity contribution in [3.8, 4) is 11.5 Å². The van der Waals surface area contributed by atoms with E-state index in [1.807, 2.05) is 35.2 Å². The number of ether oxygens (including phenoxy) is 3. The maximum atomic E-state index is 13.8. The number of hydrogen-bond acceptors (Lipinski definition) is 4. The predicted molar refractivity (Wildman–Crippen MR) is 109 cm³/mol. The summed E-state index contributed by atoms with van der Waals surface area (Å²) in [4.78, 5) is 12.9. The Balaban J connectivity index is 0.00000272. The molecule has 0 unspecified atom stereocenters. The lowest BCUT2D eigenvalue weighted by Crippen LogP contribution is -3.00. The number of carbonyl (C=O) groups excluding carboxylic acids is 1. The highest BCUT2D eigenvalue weighted by Crippen LogP contribution is 2.37. The summed E-state index contributed by atoms with van der Waals surface area (Å²) < 4.78 is 32.1. The highest BCUT2D eigenvalue weighted by molar-refractivity contribution is 6.12. The minimum Gasteiger partial charge on any atom is -1.00 e. The summed E-state index contributed by atoms with van der Waals surface area (Å²) in [6.45, 7) is 0.640. The molecule has 5 nitrogen and oxygen atoms in total. The molecule has 0 saturated carbocycles. The Kier molecular flexibility index (Phi) is 7.07. The first kappa shape index (κ1) is 22.5. The summed E-state index contributed by atoms with van der Waals surface area (Å²) >= 11 is 0. The van der Waals surface area contributed by atoms with E-state index in [2.05, 4.69) is 0 Å². The van der Waals surface area contributed by atoms with Crippen LogP contribution < -0.4 is 31.0 Å². The van der Waals surface area contributed by atoms with Gasteiger partial charge in [0.15, 0.2) is 36.2 Å². The van der Waals surface area contributed by atoms with Crippen molar-refractivity contribution < 1.29 is 44.9 Å². The predicted octanol–water partition coefficient (Wildman–Crippen LogP) is 0.937. The standard InChI is InChI=1S/C24H21FNO4.BrH/c1-28-21-8-7-18-19(24(21)29-2)15-30-22(23(18)27)13-16-9-11-26(12-10-16)14-17-5-3-4-6-20(17)25;/h3-13H,14-15H2,1-2H3;1H/q+1;/p-1/b22-13-;. The smallest absolute Gasteiger partial charge is 0.228 e. The number of Topliss-reactive ketones (excluding diaryl/α,β-unsaturated/α-hetero) is 1. The Bertz CT molecular complexity index is 1130. The van der Waals surface area contributed by atoms with Gasteiger partial charge in [0.25, 0.3) is 0 Å². The van der Waals surface area contributed by atoms with Crippen LogP contribution in [0.2, 0.25) is 0 Å². The molecule has 1 aliphatic heterocycles. The monoisotopic (exact) mass is 485 g/mol. The third-order valence-electron chi connectivity index (χ3n) is 5.01. The number of rotatable bonds is 5. The quantitative estimate of drug-likeness (QED) is 0.398. The summed E-state index contributed by atoms with van der Waals surface area (Å²) in [6, 6.07) is 13.8. The first-order chi connectivity index (χ1) is 14.6. The molecular formula is C24H21BrFNO4. The zero-order valence-electron chi connectivity index (χ0n) is 17.1. The molecular weight excluding hydrogens is 465 g/mol. The number of aromatic nitrogens is 1. The number of ketones is 1. The SMILES string of the molecule is COc1ccc2c(c1OC)CO/C(=C\c1cc[n+](Cc3ccccc3F)cc1)C2=O.[Br-]. The second-order valence-corrected chi connectivity index (χ2v) is 6.85. The molecule has 0 bridgehead atoms. The zero-order chi connectivity index (χ0) is 21.1. The van der Waals surface area contributed by atoms with E-state index in [1.54, 1.807) is 37.5 Å². The number of allylic oxidation sites excluding steroid dienone is 1. The lowest BCUT2D eigenvalue weighted by atomic mass is 9.98. The highest BCUT2D eigenvalue weighted by Gasteiger charge is 2.28. The molecule has 1 aliphatic rings. The third-order valence-corrected chi connectivity index (χ3v) is 5.01. The number of fused-ring (bicyclic) bond motifs is 1. The average molecular weight is 486 g/mol. The van der Waals surface area contributed by atoms with Crippen LogP contribution in [0.1, 0.15) is 27.0 Å². The van der Waals surface area contributed by atoms with Crippen molar-refractivity contribution in [3.05, 3.63) is 94.8 Å². The summed E-state index contributed by atoms with van der Waals surface area (Å²) in [5.41, 5.74) is 2.64. The van der Waals surface area contributed by atoms with Gasteiger partial charge in [0.05, 0.1) is 19.8 Å². The van der Waals surface area contributed by atoms with E-state index in [4.69, 9.17) is 14.2 Å². The van der Waals surface area contributed by atoms with Crippen molar-refractivity contribution in [2.45, 2.75) is 13.2 Å². The van der Waals surface area contributed by atoms with E-state index >= 15 is 0 Å². The molecule has 2 aromatic carbocycles. The molecule has 4 rings (SSSR count). The fourth-order valence-corrected chi connectivity index (χ4v) is 3.45.